The van der Waals surface area contributed by atoms with Crippen molar-refractivity contribution in [1.82, 2.24) is 9.47 Å². The van der Waals surface area contributed by atoms with Gasteiger partial charge in [0, 0.05) is 25.0 Å². The van der Waals surface area contributed by atoms with Gasteiger partial charge in [-0.25, -0.2) is 0 Å². The van der Waals surface area contributed by atoms with Gasteiger partial charge >= 0.3 is 0 Å². The number of aromatic nitrogens is 1. The van der Waals surface area contributed by atoms with E-state index in [-0.39, 0.29) is 18.6 Å². The lowest BCUT2D eigenvalue weighted by Crippen LogP contribution is -2.42. The minimum atomic E-state index is 0.0139. The quantitative estimate of drug-likeness (QED) is 0.655. The Labute approximate surface area is 155 Å². The van der Waals surface area contributed by atoms with E-state index >= 15 is 0 Å². The van der Waals surface area contributed by atoms with Gasteiger partial charge in [0.15, 0.2) is 6.61 Å². The zero-order valence-electron chi connectivity index (χ0n) is 14.0. The summed E-state index contributed by atoms with van der Waals surface area (Å²) in [7, 11) is 0. The van der Waals surface area contributed by atoms with E-state index in [1.807, 2.05) is 41.3 Å². The summed E-state index contributed by atoms with van der Waals surface area (Å²) < 4.78 is 8.92. The van der Waals surface area contributed by atoms with Gasteiger partial charge in [0.1, 0.15) is 5.75 Å². The van der Waals surface area contributed by atoms with Crippen molar-refractivity contribution in [3.63, 3.8) is 0 Å². The molecule has 2 heterocycles. The van der Waals surface area contributed by atoms with E-state index < -0.39 is 0 Å². The van der Waals surface area contributed by atoms with Crippen molar-refractivity contribution >= 4 is 32.6 Å². The smallest absolute Gasteiger partial charge is 0.261 e. The first-order chi connectivity index (χ1) is 12.1. The number of hydrogen-bond donors (Lipinski definition) is 0. The van der Waals surface area contributed by atoms with Crippen LogP contribution in [0.15, 0.2) is 59.2 Å². The number of nitrogens with zero attached hydrogens (tertiary/aromatic N) is 2. The molecule has 128 valence electrons. The van der Waals surface area contributed by atoms with E-state index in [0.29, 0.717) is 12.3 Å². The molecular weight excluding hydrogens is 380 g/mol. The maximum absolute atomic E-state index is 12.7. The molecule has 5 heteroatoms. The predicted octanol–water partition coefficient (Wildman–Crippen LogP) is 4.39. The number of amides is 1. The second-order valence-corrected chi connectivity index (χ2v) is 7.07. The summed E-state index contributed by atoms with van der Waals surface area (Å²) in [6, 6.07) is 16.2. The standard InChI is InChI=1S/C20H19BrN2O2/c1-14-17-7-4-10-22(17)11-12-23(14)19(24)13-25-18-9-8-15-5-2-3-6-16(15)20(18)21/h2-10,14H,11-13H2,1H3/t14-/m0/s1. The molecule has 1 aliphatic heterocycles. The minimum absolute atomic E-state index is 0.0139. The number of carbonyl (C=O) groups is 1. The van der Waals surface area contributed by atoms with E-state index in [1.54, 1.807) is 0 Å². The van der Waals surface area contributed by atoms with Gasteiger partial charge in [0.2, 0.25) is 0 Å². The third kappa shape index (κ3) is 2.93. The highest BCUT2D eigenvalue weighted by atomic mass is 79.9. The maximum atomic E-state index is 12.7. The molecule has 0 spiro atoms. The number of ether oxygens (including phenoxy) is 1. The molecule has 1 aromatic heterocycles. The first-order valence-corrected chi connectivity index (χ1v) is 9.19. The number of hydrogen-bond acceptors (Lipinski definition) is 2. The van der Waals surface area contributed by atoms with Crippen molar-refractivity contribution in [2.24, 2.45) is 0 Å². The molecule has 25 heavy (non-hydrogen) atoms. The van der Waals surface area contributed by atoms with Crippen LogP contribution >= 0.6 is 15.9 Å². The fourth-order valence-electron chi connectivity index (χ4n) is 3.47. The summed E-state index contributed by atoms with van der Waals surface area (Å²) >= 11 is 3.60. The molecule has 0 N–H and O–H groups in total. The number of benzene rings is 2. The Hall–Kier alpha value is -2.27. The molecule has 2 aromatic carbocycles. The molecule has 4 rings (SSSR count). The third-order valence-corrected chi connectivity index (χ3v) is 5.66. The van der Waals surface area contributed by atoms with Gasteiger partial charge < -0.3 is 14.2 Å². The van der Waals surface area contributed by atoms with Crippen LogP contribution in [0.5, 0.6) is 5.75 Å². The SMILES string of the molecule is C[C@H]1c2cccn2CCN1C(=O)COc1ccc2ccccc2c1Br. The lowest BCUT2D eigenvalue weighted by atomic mass is 10.1. The van der Waals surface area contributed by atoms with E-state index in [0.717, 1.165) is 21.8 Å². The Balaban J connectivity index is 1.48. The van der Waals surface area contributed by atoms with Crippen molar-refractivity contribution < 1.29 is 9.53 Å². The fourth-order valence-corrected chi connectivity index (χ4v) is 4.07. The molecule has 0 bridgehead atoms. The summed E-state index contributed by atoms with van der Waals surface area (Å²) in [5.41, 5.74) is 1.17. The van der Waals surface area contributed by atoms with Crippen molar-refractivity contribution in [3.05, 3.63) is 64.9 Å². The first-order valence-electron chi connectivity index (χ1n) is 8.39. The predicted molar refractivity (Wildman–Crippen MR) is 102 cm³/mol. The fraction of sp³-hybridized carbons (Fsp3) is 0.250. The van der Waals surface area contributed by atoms with Gasteiger partial charge in [-0.3, -0.25) is 4.79 Å². The second-order valence-electron chi connectivity index (χ2n) is 6.28. The summed E-state index contributed by atoms with van der Waals surface area (Å²) in [6.07, 6.45) is 2.07. The molecule has 0 aliphatic carbocycles. The number of halogens is 1. The van der Waals surface area contributed by atoms with Gasteiger partial charge in [-0.1, -0.05) is 30.3 Å². The van der Waals surface area contributed by atoms with Gasteiger partial charge in [-0.2, -0.15) is 0 Å². The van der Waals surface area contributed by atoms with Gasteiger partial charge in [0.05, 0.1) is 10.5 Å². The van der Waals surface area contributed by atoms with Crippen LogP contribution in [0.4, 0.5) is 0 Å². The number of fused-ring (bicyclic) bond motifs is 2. The average molecular weight is 399 g/mol. The minimum Gasteiger partial charge on any atom is -0.483 e. The van der Waals surface area contributed by atoms with Crippen LogP contribution in [-0.2, 0) is 11.3 Å². The van der Waals surface area contributed by atoms with Gasteiger partial charge in [-0.15, -0.1) is 0 Å². The third-order valence-electron chi connectivity index (χ3n) is 4.84. The van der Waals surface area contributed by atoms with Crippen molar-refractivity contribution in [2.75, 3.05) is 13.2 Å². The van der Waals surface area contributed by atoms with Crippen LogP contribution in [0.2, 0.25) is 0 Å². The number of carbonyl (C=O) groups excluding carboxylic acids is 1. The monoisotopic (exact) mass is 398 g/mol. The molecule has 3 aromatic rings. The van der Waals surface area contributed by atoms with Crippen molar-refractivity contribution in [1.29, 1.82) is 0 Å². The topological polar surface area (TPSA) is 34.5 Å². The first kappa shape index (κ1) is 16.2. The molecule has 0 saturated heterocycles. The summed E-state index contributed by atoms with van der Waals surface area (Å²) in [5, 5.41) is 2.22. The van der Waals surface area contributed by atoms with Gasteiger partial charge in [0.25, 0.3) is 5.91 Å². The van der Waals surface area contributed by atoms with E-state index in [2.05, 4.69) is 45.8 Å². The van der Waals surface area contributed by atoms with Crippen LogP contribution in [0.3, 0.4) is 0 Å². The van der Waals surface area contributed by atoms with Crippen LogP contribution in [0.25, 0.3) is 10.8 Å². The largest absolute Gasteiger partial charge is 0.483 e. The summed E-state index contributed by atoms with van der Waals surface area (Å²) in [5.74, 6) is 0.708. The molecule has 4 nitrogen and oxygen atoms in total. The number of rotatable bonds is 3. The molecule has 0 radical (unpaired) electrons. The van der Waals surface area contributed by atoms with Gasteiger partial charge in [-0.05, 0) is 51.8 Å². The van der Waals surface area contributed by atoms with E-state index in [1.165, 1.54) is 5.69 Å². The molecule has 0 fully saturated rings. The maximum Gasteiger partial charge on any atom is 0.261 e. The molecule has 0 saturated carbocycles. The van der Waals surface area contributed by atoms with Crippen molar-refractivity contribution in [3.8, 4) is 5.75 Å². The van der Waals surface area contributed by atoms with E-state index in [9.17, 15) is 4.79 Å². The average Bonchev–Trinajstić information content (AvgIpc) is 3.11. The Morgan fingerprint density at radius 2 is 2.00 bits per heavy atom. The lowest BCUT2D eigenvalue weighted by Gasteiger charge is -2.34. The molecular formula is C20H19BrN2O2. The second kappa shape index (κ2) is 6.56. The molecule has 1 aliphatic rings. The van der Waals surface area contributed by atoms with E-state index in [4.69, 9.17) is 4.74 Å². The molecule has 1 amide bonds. The summed E-state index contributed by atoms with van der Waals surface area (Å²) in [6.45, 7) is 3.65. The van der Waals surface area contributed by atoms with Crippen LogP contribution in [0.1, 0.15) is 18.7 Å². The Bertz CT molecular complexity index is 934. The van der Waals surface area contributed by atoms with Crippen molar-refractivity contribution in [2.45, 2.75) is 19.5 Å². The molecule has 1 atom stereocenters. The lowest BCUT2D eigenvalue weighted by molar-refractivity contribution is -0.136. The normalized spacial score (nSPS) is 16.7. The zero-order chi connectivity index (χ0) is 17.4. The van der Waals surface area contributed by atoms with Crippen LogP contribution in [-0.4, -0.2) is 28.5 Å². The highest BCUT2D eigenvalue weighted by molar-refractivity contribution is 9.10. The van der Waals surface area contributed by atoms with Crippen LogP contribution < -0.4 is 4.74 Å². The Morgan fingerprint density at radius 3 is 2.88 bits per heavy atom. The zero-order valence-corrected chi connectivity index (χ0v) is 15.6. The Kier molecular flexibility index (Phi) is 4.25. The Morgan fingerprint density at radius 1 is 1.16 bits per heavy atom. The molecule has 0 unspecified atom stereocenters. The highest BCUT2D eigenvalue weighted by Gasteiger charge is 2.27. The highest BCUT2D eigenvalue weighted by Crippen LogP contribution is 2.33. The van der Waals surface area contributed by atoms with Crippen LogP contribution in [0, 0.1) is 0 Å². The summed E-state index contributed by atoms with van der Waals surface area (Å²) in [4.78, 5) is 14.6.